The molecule has 1 rings (SSSR count). The van der Waals surface area contributed by atoms with Gasteiger partial charge in [0.2, 0.25) is 0 Å². The molecule has 0 heterocycles. The average molecular weight is 296 g/mol. The molecule has 0 aromatic heterocycles. The highest BCUT2D eigenvalue weighted by atomic mass is 16.6. The number of nitrogens with zero attached hydrogens (tertiary/aromatic N) is 1. The van der Waals surface area contributed by atoms with E-state index in [0.29, 0.717) is 19.6 Å². The summed E-state index contributed by atoms with van der Waals surface area (Å²) in [5, 5.41) is 13.6. The molecule has 116 valence electrons. The molecule has 0 saturated carbocycles. The van der Waals surface area contributed by atoms with Crippen LogP contribution in [0.2, 0.25) is 0 Å². The van der Waals surface area contributed by atoms with E-state index in [1.165, 1.54) is 25.3 Å². The number of hydrogen-bond acceptors (Lipinski definition) is 5. The van der Waals surface area contributed by atoms with Gasteiger partial charge in [0.15, 0.2) is 5.75 Å². The van der Waals surface area contributed by atoms with Crippen molar-refractivity contribution in [2.75, 3.05) is 20.3 Å². The number of nitro groups is 1. The number of rotatable bonds is 8. The van der Waals surface area contributed by atoms with Crippen LogP contribution < -0.4 is 10.1 Å². The van der Waals surface area contributed by atoms with E-state index in [4.69, 9.17) is 9.47 Å². The molecule has 0 unspecified atom stereocenters. The third kappa shape index (κ3) is 5.39. The van der Waals surface area contributed by atoms with Crippen LogP contribution in [0.25, 0.3) is 0 Å². The minimum atomic E-state index is -0.577. The fourth-order valence-electron chi connectivity index (χ4n) is 1.67. The molecule has 0 radical (unpaired) electrons. The van der Waals surface area contributed by atoms with Gasteiger partial charge >= 0.3 is 5.69 Å². The molecule has 7 nitrogen and oxygen atoms in total. The van der Waals surface area contributed by atoms with E-state index in [1.807, 2.05) is 13.8 Å². The highest BCUT2D eigenvalue weighted by Gasteiger charge is 2.17. The first-order valence-corrected chi connectivity index (χ1v) is 6.68. The number of hydrogen-bond donors (Lipinski definition) is 1. The molecule has 1 aromatic carbocycles. The van der Waals surface area contributed by atoms with Crippen molar-refractivity contribution < 1.29 is 19.2 Å². The molecule has 1 aromatic rings. The Hall–Kier alpha value is -2.15. The second kappa shape index (κ2) is 8.21. The molecule has 0 aliphatic rings. The third-order valence-electron chi connectivity index (χ3n) is 2.70. The molecular formula is C14H20N2O5. The summed E-state index contributed by atoms with van der Waals surface area (Å²) in [6.07, 6.45) is 0.840. The van der Waals surface area contributed by atoms with Gasteiger partial charge < -0.3 is 14.8 Å². The van der Waals surface area contributed by atoms with Gasteiger partial charge in [-0.15, -0.1) is 0 Å². The van der Waals surface area contributed by atoms with Crippen molar-refractivity contribution in [3.8, 4) is 5.75 Å². The maximum atomic E-state index is 11.9. The fraction of sp³-hybridized carbons (Fsp3) is 0.500. The minimum Gasteiger partial charge on any atom is -0.490 e. The molecule has 0 bridgehead atoms. The Balaban J connectivity index is 2.58. The molecule has 0 aliphatic carbocycles. The smallest absolute Gasteiger partial charge is 0.311 e. The first-order valence-electron chi connectivity index (χ1n) is 6.68. The number of carbonyl (C=O) groups excluding carboxylic acids is 1. The fourth-order valence-corrected chi connectivity index (χ4v) is 1.67. The van der Waals surface area contributed by atoms with Gasteiger partial charge in [-0.05, 0) is 32.4 Å². The Bertz CT molecular complexity index is 502. The van der Waals surface area contributed by atoms with Gasteiger partial charge in [-0.25, -0.2) is 0 Å². The lowest BCUT2D eigenvalue weighted by Crippen LogP contribution is -2.25. The van der Waals surface area contributed by atoms with Crippen LogP contribution in [0.4, 0.5) is 5.69 Å². The predicted octanol–water partition coefficient (Wildman–Crippen LogP) is 2.15. The van der Waals surface area contributed by atoms with Crippen molar-refractivity contribution in [2.45, 2.75) is 26.4 Å². The lowest BCUT2D eigenvalue weighted by Gasteiger charge is -2.09. The topological polar surface area (TPSA) is 90.7 Å². The molecule has 21 heavy (non-hydrogen) atoms. The van der Waals surface area contributed by atoms with E-state index in [-0.39, 0.29) is 29.0 Å². The Kier molecular flexibility index (Phi) is 6.61. The van der Waals surface area contributed by atoms with Crippen molar-refractivity contribution in [2.24, 2.45) is 0 Å². The van der Waals surface area contributed by atoms with Crippen LogP contribution in [-0.2, 0) is 4.74 Å². The molecule has 0 atom stereocenters. The van der Waals surface area contributed by atoms with Crippen LogP contribution in [0.5, 0.6) is 5.75 Å². The van der Waals surface area contributed by atoms with E-state index in [2.05, 4.69) is 5.32 Å². The lowest BCUT2D eigenvalue weighted by atomic mass is 10.1. The summed E-state index contributed by atoms with van der Waals surface area (Å²) >= 11 is 0. The average Bonchev–Trinajstić information content (AvgIpc) is 2.45. The van der Waals surface area contributed by atoms with E-state index >= 15 is 0 Å². The van der Waals surface area contributed by atoms with Gasteiger partial charge in [-0.3, -0.25) is 14.9 Å². The third-order valence-corrected chi connectivity index (χ3v) is 2.70. The first-order chi connectivity index (χ1) is 9.95. The van der Waals surface area contributed by atoms with Gasteiger partial charge in [-0.2, -0.15) is 0 Å². The zero-order valence-corrected chi connectivity index (χ0v) is 12.4. The first kappa shape index (κ1) is 16.9. The van der Waals surface area contributed by atoms with Gasteiger partial charge in [0.25, 0.3) is 5.91 Å². The minimum absolute atomic E-state index is 0.127. The van der Waals surface area contributed by atoms with E-state index in [1.54, 1.807) is 0 Å². The standard InChI is InChI=1S/C14H20N2O5/c1-10(2)21-8-4-7-15-14(17)11-5-6-13(20-3)12(9-11)16(18)19/h5-6,9-10H,4,7-8H2,1-3H3,(H,15,17). The van der Waals surface area contributed by atoms with Gasteiger partial charge in [0.1, 0.15) is 0 Å². The van der Waals surface area contributed by atoms with Crippen molar-refractivity contribution in [3.05, 3.63) is 33.9 Å². The molecule has 0 aliphatic heterocycles. The normalized spacial score (nSPS) is 10.5. The second-order valence-corrected chi connectivity index (χ2v) is 4.67. The highest BCUT2D eigenvalue weighted by molar-refractivity contribution is 5.95. The maximum Gasteiger partial charge on any atom is 0.311 e. The lowest BCUT2D eigenvalue weighted by molar-refractivity contribution is -0.385. The summed E-state index contributed by atoms with van der Waals surface area (Å²) in [4.78, 5) is 22.2. The number of methoxy groups -OCH3 is 1. The van der Waals surface area contributed by atoms with Crippen LogP contribution in [0.15, 0.2) is 18.2 Å². The van der Waals surface area contributed by atoms with Crippen LogP contribution >= 0.6 is 0 Å². The largest absolute Gasteiger partial charge is 0.490 e. The zero-order chi connectivity index (χ0) is 15.8. The molecule has 0 spiro atoms. The van der Waals surface area contributed by atoms with Gasteiger partial charge in [-0.1, -0.05) is 0 Å². The summed E-state index contributed by atoms with van der Waals surface area (Å²) < 4.78 is 10.2. The monoisotopic (exact) mass is 296 g/mol. The van der Waals surface area contributed by atoms with Crippen molar-refractivity contribution in [1.29, 1.82) is 0 Å². The maximum absolute atomic E-state index is 11.9. The Morgan fingerprint density at radius 1 is 1.43 bits per heavy atom. The number of nitrogens with one attached hydrogen (secondary N) is 1. The Morgan fingerprint density at radius 3 is 2.71 bits per heavy atom. The SMILES string of the molecule is COc1ccc(C(=O)NCCCOC(C)C)cc1[N+](=O)[O-]. The molecule has 0 fully saturated rings. The van der Waals surface area contributed by atoms with Gasteiger partial charge in [0, 0.05) is 24.8 Å². The summed E-state index contributed by atoms with van der Waals surface area (Å²) in [6, 6.07) is 4.11. The van der Waals surface area contributed by atoms with Crippen molar-refractivity contribution in [3.63, 3.8) is 0 Å². The summed E-state index contributed by atoms with van der Waals surface area (Å²) in [6.45, 7) is 4.89. The molecule has 1 N–H and O–H groups in total. The van der Waals surface area contributed by atoms with Gasteiger partial charge in [0.05, 0.1) is 18.1 Å². The van der Waals surface area contributed by atoms with E-state index in [0.717, 1.165) is 0 Å². The Morgan fingerprint density at radius 2 is 2.14 bits per heavy atom. The van der Waals surface area contributed by atoms with Crippen LogP contribution in [0.3, 0.4) is 0 Å². The van der Waals surface area contributed by atoms with E-state index < -0.39 is 4.92 Å². The van der Waals surface area contributed by atoms with Crippen LogP contribution in [0, 0.1) is 10.1 Å². The summed E-state index contributed by atoms with van der Waals surface area (Å²) in [7, 11) is 1.34. The molecular weight excluding hydrogens is 276 g/mol. The summed E-state index contributed by atoms with van der Waals surface area (Å²) in [5.74, 6) is -0.229. The predicted molar refractivity (Wildman–Crippen MR) is 77.7 cm³/mol. The number of carbonyl (C=O) groups is 1. The quantitative estimate of drug-likeness (QED) is 0.451. The number of nitro benzene ring substituents is 1. The van der Waals surface area contributed by atoms with Crippen molar-refractivity contribution >= 4 is 11.6 Å². The number of benzene rings is 1. The highest BCUT2D eigenvalue weighted by Crippen LogP contribution is 2.27. The number of amides is 1. The number of ether oxygens (including phenoxy) is 2. The molecule has 0 saturated heterocycles. The summed E-state index contributed by atoms with van der Waals surface area (Å²) in [5.41, 5.74) is 0.000527. The van der Waals surface area contributed by atoms with Crippen LogP contribution in [0.1, 0.15) is 30.6 Å². The zero-order valence-electron chi connectivity index (χ0n) is 12.4. The van der Waals surface area contributed by atoms with Crippen molar-refractivity contribution in [1.82, 2.24) is 5.32 Å². The van der Waals surface area contributed by atoms with Crippen LogP contribution in [-0.4, -0.2) is 37.2 Å². The van der Waals surface area contributed by atoms with E-state index in [9.17, 15) is 14.9 Å². The second-order valence-electron chi connectivity index (χ2n) is 4.67. The molecule has 7 heteroatoms. The Labute approximate surface area is 123 Å². The molecule has 1 amide bonds.